The lowest BCUT2D eigenvalue weighted by atomic mass is 10.2. The van der Waals surface area contributed by atoms with Crippen molar-refractivity contribution in [1.29, 1.82) is 0 Å². The van der Waals surface area contributed by atoms with Crippen LogP contribution in [0.15, 0.2) is 26.7 Å². The van der Waals surface area contributed by atoms with Gasteiger partial charge in [-0.1, -0.05) is 6.07 Å². The quantitative estimate of drug-likeness (QED) is 0.382. The molecule has 1 aliphatic heterocycles. The molecule has 0 saturated carbocycles. The second kappa shape index (κ2) is 9.90. The fourth-order valence-electron chi connectivity index (χ4n) is 2.78. The average molecular weight is 442 g/mol. The molecule has 28 heavy (non-hydrogen) atoms. The van der Waals surface area contributed by atoms with Gasteiger partial charge in [0.1, 0.15) is 10.3 Å². The molecule has 0 bridgehead atoms. The van der Waals surface area contributed by atoms with Crippen LogP contribution in [0.2, 0.25) is 0 Å². The molecule has 0 amide bonds. The highest BCUT2D eigenvalue weighted by atomic mass is 32.2. The second-order valence-corrected chi connectivity index (χ2v) is 9.25. The Labute approximate surface area is 167 Å². The molecule has 12 heteroatoms. The van der Waals surface area contributed by atoms with Crippen LogP contribution in [0.5, 0.6) is 0 Å². The van der Waals surface area contributed by atoms with E-state index in [-0.39, 0.29) is 30.4 Å². The number of hydrogen-bond acceptors (Lipinski definition) is 5. The highest BCUT2D eigenvalue weighted by Crippen LogP contribution is 2.25. The van der Waals surface area contributed by atoms with Gasteiger partial charge in [0.2, 0.25) is 10.0 Å². The topological polar surface area (TPSA) is 77.0 Å². The number of guanidine groups is 1. The van der Waals surface area contributed by atoms with Crippen LogP contribution >= 0.6 is 11.3 Å². The predicted octanol–water partition coefficient (Wildman–Crippen LogP) is 1.56. The molecule has 7 nitrogen and oxygen atoms in total. The third kappa shape index (κ3) is 6.33. The van der Waals surface area contributed by atoms with Crippen LogP contribution in [0.1, 0.15) is 13.8 Å². The third-order valence-corrected chi connectivity index (χ3v) is 7.25. The number of aliphatic imine (C=N–C) groups is 1. The van der Waals surface area contributed by atoms with Gasteiger partial charge in [0.05, 0.1) is 6.54 Å². The molecule has 2 N–H and O–H groups in total. The number of nitrogens with zero attached hydrogens (tertiary/aromatic N) is 3. The zero-order valence-electron chi connectivity index (χ0n) is 15.9. The molecule has 1 aromatic rings. The van der Waals surface area contributed by atoms with Crippen LogP contribution in [0.4, 0.5) is 13.2 Å². The van der Waals surface area contributed by atoms with Crippen LogP contribution in [0.3, 0.4) is 0 Å². The van der Waals surface area contributed by atoms with Crippen molar-refractivity contribution in [2.75, 3.05) is 45.8 Å². The monoisotopic (exact) mass is 441 g/mol. The first-order chi connectivity index (χ1) is 13.1. The van der Waals surface area contributed by atoms with Gasteiger partial charge in [-0.25, -0.2) is 13.1 Å². The summed E-state index contributed by atoms with van der Waals surface area (Å²) in [5.74, 6) is 0.581. The van der Waals surface area contributed by atoms with Crippen molar-refractivity contribution < 1.29 is 21.6 Å². The van der Waals surface area contributed by atoms with Gasteiger partial charge < -0.3 is 10.2 Å². The predicted molar refractivity (Wildman–Crippen MR) is 104 cm³/mol. The minimum absolute atomic E-state index is 0.139. The van der Waals surface area contributed by atoms with Gasteiger partial charge in [0.15, 0.2) is 5.96 Å². The molecule has 0 radical (unpaired) electrons. The Morgan fingerprint density at radius 3 is 2.54 bits per heavy atom. The number of alkyl halides is 3. The summed E-state index contributed by atoms with van der Waals surface area (Å²) in [5, 5.41) is 4.80. The highest BCUT2D eigenvalue weighted by molar-refractivity contribution is 7.91. The smallest absolute Gasteiger partial charge is 0.357 e. The molecule has 1 fully saturated rings. The number of piperazine rings is 1. The Morgan fingerprint density at radius 1 is 1.32 bits per heavy atom. The summed E-state index contributed by atoms with van der Waals surface area (Å²) in [6, 6.07) is 1.72. The molecular formula is C16H26F3N5O2S2. The molecule has 2 heterocycles. The molecule has 1 aliphatic rings. The van der Waals surface area contributed by atoms with Gasteiger partial charge in [-0.3, -0.25) is 9.89 Å². The average Bonchev–Trinajstić information content (AvgIpc) is 3.19. The zero-order chi connectivity index (χ0) is 20.8. The first-order valence-electron chi connectivity index (χ1n) is 9.02. The molecular weight excluding hydrogens is 415 g/mol. The van der Waals surface area contributed by atoms with Crippen molar-refractivity contribution in [1.82, 2.24) is 19.8 Å². The van der Waals surface area contributed by atoms with E-state index in [1.54, 1.807) is 11.4 Å². The van der Waals surface area contributed by atoms with Crippen molar-refractivity contribution >= 4 is 27.3 Å². The van der Waals surface area contributed by atoms with Crippen LogP contribution in [-0.4, -0.2) is 82.2 Å². The van der Waals surface area contributed by atoms with E-state index in [0.29, 0.717) is 25.6 Å². The number of thiophene rings is 1. The van der Waals surface area contributed by atoms with E-state index in [1.807, 2.05) is 11.8 Å². The fourth-order valence-corrected chi connectivity index (χ4v) is 4.84. The molecule has 0 spiro atoms. The minimum atomic E-state index is -4.24. The number of hydrogen-bond donors (Lipinski definition) is 2. The van der Waals surface area contributed by atoms with E-state index < -0.39 is 22.2 Å². The maximum absolute atomic E-state index is 12.9. The first-order valence-corrected chi connectivity index (χ1v) is 11.4. The Balaban J connectivity index is 1.87. The van der Waals surface area contributed by atoms with Gasteiger partial charge in [-0.2, -0.15) is 13.2 Å². The normalized spacial score (nSPS) is 18.3. The number of nitrogens with one attached hydrogen (secondary N) is 2. The molecule has 1 unspecified atom stereocenters. The summed E-state index contributed by atoms with van der Waals surface area (Å²) in [6.07, 6.45) is -4.24. The van der Waals surface area contributed by atoms with Crippen LogP contribution in [0, 0.1) is 0 Å². The van der Waals surface area contributed by atoms with E-state index in [0.717, 1.165) is 11.3 Å². The Kier molecular flexibility index (Phi) is 8.10. The van der Waals surface area contributed by atoms with Gasteiger partial charge in [-0.15, -0.1) is 11.3 Å². The fraction of sp³-hybridized carbons (Fsp3) is 0.688. The number of rotatable bonds is 7. The van der Waals surface area contributed by atoms with Gasteiger partial charge in [-0.05, 0) is 25.3 Å². The number of halogens is 3. The molecule has 2 rings (SSSR count). The van der Waals surface area contributed by atoms with Gasteiger partial charge in [0, 0.05) is 39.3 Å². The summed E-state index contributed by atoms with van der Waals surface area (Å²) in [6.45, 7) is 5.48. The second-order valence-electron chi connectivity index (χ2n) is 6.31. The molecule has 0 aromatic carbocycles. The standard InChI is InChI=1S/C16H26F3N5O2S2/c1-3-20-15(21-6-7-22-28(25,26)14-5-4-12-27-14)24-10-8-23(9-11-24)13(2)16(17,18)19/h4-5,12-13,22H,3,6-11H2,1-2H3,(H,20,21). The maximum atomic E-state index is 12.9. The van der Waals surface area contributed by atoms with Crippen molar-refractivity contribution in [3.63, 3.8) is 0 Å². The van der Waals surface area contributed by atoms with Gasteiger partial charge in [0.25, 0.3) is 0 Å². The zero-order valence-corrected chi connectivity index (χ0v) is 17.5. The summed E-state index contributed by atoms with van der Waals surface area (Å²) in [5.41, 5.74) is 0. The van der Waals surface area contributed by atoms with E-state index in [4.69, 9.17) is 0 Å². The lowest BCUT2D eigenvalue weighted by molar-refractivity contribution is -0.181. The van der Waals surface area contributed by atoms with Crippen LogP contribution in [0.25, 0.3) is 0 Å². The van der Waals surface area contributed by atoms with E-state index in [2.05, 4.69) is 15.0 Å². The maximum Gasteiger partial charge on any atom is 0.403 e. The van der Waals surface area contributed by atoms with Crippen molar-refractivity contribution in [2.45, 2.75) is 30.3 Å². The minimum Gasteiger partial charge on any atom is -0.357 e. The van der Waals surface area contributed by atoms with Crippen molar-refractivity contribution in [3.05, 3.63) is 17.5 Å². The molecule has 0 aliphatic carbocycles. The third-order valence-electron chi connectivity index (χ3n) is 4.40. The van der Waals surface area contributed by atoms with Crippen LogP contribution in [-0.2, 0) is 10.0 Å². The highest BCUT2D eigenvalue weighted by Gasteiger charge is 2.41. The lowest BCUT2D eigenvalue weighted by Gasteiger charge is -2.39. The van der Waals surface area contributed by atoms with E-state index >= 15 is 0 Å². The summed E-state index contributed by atoms with van der Waals surface area (Å²) < 4.78 is 65.5. The molecule has 1 aromatic heterocycles. The summed E-state index contributed by atoms with van der Waals surface area (Å²) >= 11 is 1.14. The molecule has 1 atom stereocenters. The number of sulfonamides is 1. The van der Waals surface area contributed by atoms with E-state index in [1.165, 1.54) is 17.9 Å². The van der Waals surface area contributed by atoms with Gasteiger partial charge >= 0.3 is 6.18 Å². The summed E-state index contributed by atoms with van der Waals surface area (Å²) in [4.78, 5) is 7.72. The molecule has 160 valence electrons. The summed E-state index contributed by atoms with van der Waals surface area (Å²) in [7, 11) is -3.53. The Hall–Kier alpha value is -1.37. The largest absolute Gasteiger partial charge is 0.403 e. The van der Waals surface area contributed by atoms with Crippen molar-refractivity contribution in [2.24, 2.45) is 4.99 Å². The van der Waals surface area contributed by atoms with Crippen LogP contribution < -0.4 is 10.0 Å². The van der Waals surface area contributed by atoms with Crippen molar-refractivity contribution in [3.8, 4) is 0 Å². The Bertz CT molecular complexity index is 730. The Morgan fingerprint density at radius 2 is 2.00 bits per heavy atom. The SMILES string of the molecule is CCNC(=NCCNS(=O)(=O)c1cccs1)N1CCN(C(C)C(F)(F)F)CC1. The lowest BCUT2D eigenvalue weighted by Crippen LogP contribution is -2.56. The van der Waals surface area contributed by atoms with E-state index in [9.17, 15) is 21.6 Å². The molecule has 1 saturated heterocycles. The first kappa shape index (κ1) is 22.9.